The normalized spacial score (nSPS) is 14.1. The lowest BCUT2D eigenvalue weighted by atomic mass is 10.0. The fourth-order valence-corrected chi connectivity index (χ4v) is 4.56. The van der Waals surface area contributed by atoms with Gasteiger partial charge in [-0.05, 0) is 49.2 Å². The zero-order chi connectivity index (χ0) is 24.2. The molecule has 2 amide bonds. The Kier molecular flexibility index (Phi) is 6.63. The van der Waals surface area contributed by atoms with Crippen molar-refractivity contribution in [1.29, 1.82) is 0 Å². The second-order valence-corrected chi connectivity index (χ2v) is 8.92. The number of anilines is 2. The van der Waals surface area contributed by atoms with E-state index in [1.807, 2.05) is 17.0 Å². The molecule has 1 aliphatic heterocycles. The second kappa shape index (κ2) is 10.1. The first-order chi connectivity index (χ1) is 17.1. The van der Waals surface area contributed by atoms with Gasteiger partial charge in [-0.25, -0.2) is 4.98 Å². The highest BCUT2D eigenvalue weighted by Crippen LogP contribution is 2.25. The number of aromatic nitrogens is 3. The minimum Gasteiger partial charge on any atom is -0.381 e. The molecule has 2 N–H and O–H groups in total. The number of halogens is 1. The average molecular weight is 489 g/mol. The fraction of sp³-hybridized carbons (Fsp3) is 0.231. The van der Waals surface area contributed by atoms with E-state index in [9.17, 15) is 9.59 Å². The van der Waals surface area contributed by atoms with Gasteiger partial charge < -0.3 is 15.2 Å². The highest BCUT2D eigenvalue weighted by molar-refractivity contribution is 6.35. The largest absolute Gasteiger partial charge is 0.381 e. The Balaban J connectivity index is 1.29. The summed E-state index contributed by atoms with van der Waals surface area (Å²) in [6, 6.07) is 14.7. The van der Waals surface area contributed by atoms with Crippen molar-refractivity contribution in [2.75, 3.05) is 29.9 Å². The number of hydrogen-bond donors (Lipinski definition) is 2. The van der Waals surface area contributed by atoms with Crippen LogP contribution in [0.25, 0.3) is 10.9 Å². The molecule has 0 radical (unpaired) electrons. The molecule has 1 aromatic carbocycles. The minimum absolute atomic E-state index is 0.0833. The van der Waals surface area contributed by atoms with E-state index in [0.29, 0.717) is 29.5 Å². The van der Waals surface area contributed by atoms with Gasteiger partial charge in [-0.3, -0.25) is 19.5 Å². The first kappa shape index (κ1) is 22.9. The van der Waals surface area contributed by atoms with Crippen LogP contribution in [0.4, 0.5) is 11.5 Å². The summed E-state index contributed by atoms with van der Waals surface area (Å²) in [5, 5.41) is 4.91. The molecule has 1 fully saturated rings. The van der Waals surface area contributed by atoms with Crippen LogP contribution in [-0.4, -0.2) is 57.3 Å². The third-order valence-electron chi connectivity index (χ3n) is 6.22. The molecular weight excluding hydrogens is 464 g/mol. The van der Waals surface area contributed by atoms with Crippen molar-refractivity contribution < 1.29 is 9.59 Å². The number of rotatable bonds is 6. The summed E-state index contributed by atoms with van der Waals surface area (Å²) in [6.07, 6.45) is 8.49. The van der Waals surface area contributed by atoms with Gasteiger partial charge in [0.05, 0.1) is 10.7 Å². The first-order valence-electron chi connectivity index (χ1n) is 11.5. The first-order valence-corrected chi connectivity index (χ1v) is 11.9. The number of likely N-dealkylation sites (tertiary alicyclic amines) is 1. The van der Waals surface area contributed by atoms with Crippen molar-refractivity contribution in [2.45, 2.75) is 18.9 Å². The van der Waals surface area contributed by atoms with Crippen molar-refractivity contribution >= 4 is 45.8 Å². The highest BCUT2D eigenvalue weighted by Gasteiger charge is 2.28. The average Bonchev–Trinajstić information content (AvgIpc) is 3.28. The molecule has 35 heavy (non-hydrogen) atoms. The lowest BCUT2D eigenvalue weighted by Crippen LogP contribution is -2.48. The molecule has 8 nitrogen and oxygen atoms in total. The zero-order valence-corrected chi connectivity index (χ0v) is 19.8. The van der Waals surface area contributed by atoms with Gasteiger partial charge in [0.1, 0.15) is 12.4 Å². The van der Waals surface area contributed by atoms with Gasteiger partial charge in [-0.15, -0.1) is 0 Å². The topological polar surface area (TPSA) is 94.2 Å². The fourth-order valence-electron chi connectivity index (χ4n) is 4.34. The number of benzene rings is 1. The van der Waals surface area contributed by atoms with E-state index in [0.717, 1.165) is 29.4 Å². The van der Waals surface area contributed by atoms with E-state index < -0.39 is 0 Å². The Bertz CT molecular complexity index is 1320. The van der Waals surface area contributed by atoms with Crippen LogP contribution in [0.1, 0.15) is 23.2 Å². The van der Waals surface area contributed by atoms with Gasteiger partial charge in [0.2, 0.25) is 5.91 Å². The van der Waals surface area contributed by atoms with Gasteiger partial charge in [0, 0.05) is 60.4 Å². The Morgan fingerprint density at radius 1 is 1.11 bits per heavy atom. The molecule has 0 aliphatic carbocycles. The summed E-state index contributed by atoms with van der Waals surface area (Å²) in [7, 11) is 0. The van der Waals surface area contributed by atoms with E-state index in [-0.39, 0.29) is 24.4 Å². The Labute approximate surface area is 207 Å². The van der Waals surface area contributed by atoms with Crippen LogP contribution in [0, 0.1) is 0 Å². The van der Waals surface area contributed by atoms with Crippen LogP contribution >= 0.6 is 11.6 Å². The van der Waals surface area contributed by atoms with Gasteiger partial charge in [0.25, 0.3) is 5.91 Å². The number of carbonyl (C=O) groups is 2. The summed E-state index contributed by atoms with van der Waals surface area (Å²) in [6.45, 7) is 1.15. The smallest absolute Gasteiger partial charge is 0.259 e. The molecule has 178 valence electrons. The number of nitrogens with zero attached hydrogens (tertiary/aromatic N) is 4. The minimum atomic E-state index is -0.294. The van der Waals surface area contributed by atoms with Crippen LogP contribution in [0.15, 0.2) is 73.3 Å². The van der Waals surface area contributed by atoms with E-state index in [1.165, 1.54) is 4.90 Å². The van der Waals surface area contributed by atoms with E-state index in [2.05, 4.69) is 20.3 Å². The molecule has 1 saturated heterocycles. The molecule has 1 aliphatic rings. The van der Waals surface area contributed by atoms with Crippen LogP contribution in [0.2, 0.25) is 5.02 Å². The van der Waals surface area contributed by atoms with E-state index >= 15 is 0 Å². The molecule has 0 spiro atoms. The second-order valence-electron chi connectivity index (χ2n) is 8.52. The van der Waals surface area contributed by atoms with E-state index in [4.69, 9.17) is 11.6 Å². The van der Waals surface area contributed by atoms with Crippen molar-refractivity contribution in [3.8, 4) is 0 Å². The third-order valence-corrected chi connectivity index (χ3v) is 6.54. The van der Waals surface area contributed by atoms with Crippen LogP contribution in [0.5, 0.6) is 0 Å². The molecule has 0 unspecified atom stereocenters. The number of H-pyrrole nitrogens is 1. The van der Waals surface area contributed by atoms with E-state index in [1.54, 1.807) is 61.2 Å². The number of nitrogens with one attached hydrogen (secondary N) is 2. The Hall–Kier alpha value is -3.91. The maximum atomic E-state index is 13.5. The monoisotopic (exact) mass is 488 g/mol. The number of carbonyl (C=O) groups excluding carboxylic acids is 2. The summed E-state index contributed by atoms with van der Waals surface area (Å²) < 4.78 is 0. The molecule has 0 atom stereocenters. The standard InChI is InChI=1S/C26H25ClN6O2/c27-22-16-30-23-14-18(6-7-21(22)23)26(35)33(24-5-1-2-11-29-24)17-25(34)32-12-8-19(9-13-32)31-20-4-3-10-28-15-20/h1-7,10-11,14-16,19,30-31H,8-9,12-13,17H2. The van der Waals surface area contributed by atoms with Crippen molar-refractivity contribution in [3.63, 3.8) is 0 Å². The van der Waals surface area contributed by atoms with Crippen molar-refractivity contribution in [2.24, 2.45) is 0 Å². The maximum absolute atomic E-state index is 13.5. The van der Waals surface area contributed by atoms with Crippen molar-refractivity contribution in [1.82, 2.24) is 19.9 Å². The quantitative estimate of drug-likeness (QED) is 0.420. The van der Waals surface area contributed by atoms with Crippen molar-refractivity contribution in [3.05, 3.63) is 83.9 Å². The summed E-state index contributed by atoms with van der Waals surface area (Å²) >= 11 is 6.18. The summed E-state index contributed by atoms with van der Waals surface area (Å²) in [5.41, 5.74) is 2.19. The zero-order valence-electron chi connectivity index (χ0n) is 19.0. The molecule has 0 saturated carbocycles. The van der Waals surface area contributed by atoms with Crippen LogP contribution in [0.3, 0.4) is 0 Å². The van der Waals surface area contributed by atoms with Gasteiger partial charge >= 0.3 is 0 Å². The number of pyridine rings is 2. The Morgan fingerprint density at radius 2 is 1.97 bits per heavy atom. The lowest BCUT2D eigenvalue weighted by Gasteiger charge is -2.34. The molecule has 4 heterocycles. The summed E-state index contributed by atoms with van der Waals surface area (Å²) in [5.74, 6) is 0.0363. The number of hydrogen-bond acceptors (Lipinski definition) is 5. The molecule has 4 aromatic rings. The van der Waals surface area contributed by atoms with Gasteiger partial charge in [-0.2, -0.15) is 0 Å². The predicted octanol–water partition coefficient (Wildman–Crippen LogP) is 4.36. The highest BCUT2D eigenvalue weighted by atomic mass is 35.5. The molecule has 3 aromatic heterocycles. The third kappa shape index (κ3) is 5.12. The number of amides is 2. The molecular formula is C26H25ClN6O2. The number of fused-ring (bicyclic) bond motifs is 1. The molecule has 0 bridgehead atoms. The predicted molar refractivity (Wildman–Crippen MR) is 137 cm³/mol. The van der Waals surface area contributed by atoms with Crippen LogP contribution in [-0.2, 0) is 4.79 Å². The number of aromatic amines is 1. The van der Waals surface area contributed by atoms with Gasteiger partial charge in [0.15, 0.2) is 0 Å². The Morgan fingerprint density at radius 3 is 2.71 bits per heavy atom. The summed E-state index contributed by atoms with van der Waals surface area (Å²) in [4.78, 5) is 41.6. The maximum Gasteiger partial charge on any atom is 0.259 e. The number of piperidine rings is 1. The van der Waals surface area contributed by atoms with Crippen LogP contribution < -0.4 is 10.2 Å². The SMILES string of the molecule is O=C(CN(C(=O)c1ccc2c(Cl)c[nH]c2c1)c1ccccn1)N1CCC(Nc2cccnc2)CC1. The molecule has 9 heteroatoms. The molecule has 5 rings (SSSR count). The van der Waals surface area contributed by atoms with Gasteiger partial charge in [-0.1, -0.05) is 23.7 Å². The lowest BCUT2D eigenvalue weighted by molar-refractivity contribution is -0.130.